The summed E-state index contributed by atoms with van der Waals surface area (Å²) in [7, 11) is 0. The summed E-state index contributed by atoms with van der Waals surface area (Å²) in [4.78, 5) is 24.7. The van der Waals surface area contributed by atoms with Crippen LogP contribution in [0.1, 0.15) is 36.2 Å². The molecule has 33 heavy (non-hydrogen) atoms. The Kier molecular flexibility index (Phi) is 8.88. The summed E-state index contributed by atoms with van der Waals surface area (Å²) in [5, 5.41) is 8.83. The second-order valence-electron chi connectivity index (χ2n) is 8.04. The fourth-order valence-corrected chi connectivity index (χ4v) is 3.29. The van der Waals surface area contributed by atoms with Crippen molar-refractivity contribution in [2.45, 2.75) is 32.7 Å². The lowest BCUT2D eigenvalue weighted by atomic mass is 10.1. The highest BCUT2D eigenvalue weighted by atomic mass is 16.5. The maximum absolute atomic E-state index is 12.5. The van der Waals surface area contributed by atoms with Crippen LogP contribution in [-0.4, -0.2) is 31.0 Å². The Labute approximate surface area is 195 Å². The van der Waals surface area contributed by atoms with Crippen LogP contribution in [0.25, 0.3) is 0 Å². The second kappa shape index (κ2) is 12.3. The van der Waals surface area contributed by atoms with Crippen molar-refractivity contribution in [1.82, 2.24) is 5.32 Å². The Balaban J connectivity index is 1.49. The number of carbonyl (C=O) groups is 2. The summed E-state index contributed by atoms with van der Waals surface area (Å²) >= 11 is 0. The first-order valence-electron chi connectivity index (χ1n) is 11.2. The largest absolute Gasteiger partial charge is 0.491 e. The lowest BCUT2D eigenvalue weighted by Gasteiger charge is -2.13. The van der Waals surface area contributed by atoms with Crippen LogP contribution in [0, 0.1) is 0 Å². The molecule has 0 bridgehead atoms. The number of para-hydroxylation sites is 2. The molecule has 0 heterocycles. The standard InChI is InChI=1S/C27H31N3O3/c1-20(2)29-27(32)22-13-8-14-23(18-22)28-19-26(31)30-24-15-6-7-16-25(24)33-17-9-12-21-10-4-3-5-11-21/h3-8,10-11,13-16,18,20,28H,9,12,17,19H2,1-2H3,(H,29,32)(H,30,31). The average Bonchev–Trinajstić information content (AvgIpc) is 2.82. The van der Waals surface area contributed by atoms with Gasteiger partial charge in [0.05, 0.1) is 18.8 Å². The molecule has 172 valence electrons. The van der Waals surface area contributed by atoms with Gasteiger partial charge in [-0.05, 0) is 62.6 Å². The normalized spacial score (nSPS) is 10.5. The molecule has 0 aliphatic carbocycles. The number of rotatable bonds is 11. The third kappa shape index (κ3) is 8.00. The SMILES string of the molecule is CC(C)NC(=O)c1cccc(NCC(=O)Nc2ccccc2OCCCc2ccccc2)c1. The van der Waals surface area contributed by atoms with Crippen LogP contribution in [0.2, 0.25) is 0 Å². The number of benzene rings is 3. The van der Waals surface area contributed by atoms with Crippen LogP contribution in [0.3, 0.4) is 0 Å². The smallest absolute Gasteiger partial charge is 0.251 e. The number of nitrogens with one attached hydrogen (secondary N) is 3. The fraction of sp³-hybridized carbons (Fsp3) is 0.259. The van der Waals surface area contributed by atoms with Crippen molar-refractivity contribution in [3.63, 3.8) is 0 Å². The fourth-order valence-electron chi connectivity index (χ4n) is 3.29. The van der Waals surface area contributed by atoms with E-state index >= 15 is 0 Å². The summed E-state index contributed by atoms with van der Waals surface area (Å²) in [6, 6.07) is 24.8. The van der Waals surface area contributed by atoms with Gasteiger partial charge in [-0.1, -0.05) is 48.5 Å². The highest BCUT2D eigenvalue weighted by molar-refractivity contribution is 5.96. The number of anilines is 2. The predicted octanol–water partition coefficient (Wildman–Crippen LogP) is 4.89. The summed E-state index contributed by atoms with van der Waals surface area (Å²) in [5.41, 5.74) is 3.16. The molecular formula is C27H31N3O3. The zero-order chi connectivity index (χ0) is 23.5. The predicted molar refractivity (Wildman–Crippen MR) is 133 cm³/mol. The Morgan fingerprint density at radius 1 is 0.909 bits per heavy atom. The van der Waals surface area contributed by atoms with Gasteiger partial charge < -0.3 is 20.7 Å². The molecule has 6 nitrogen and oxygen atoms in total. The lowest BCUT2D eigenvalue weighted by Crippen LogP contribution is -2.30. The molecule has 0 radical (unpaired) electrons. The maximum Gasteiger partial charge on any atom is 0.251 e. The van der Waals surface area contributed by atoms with Crippen molar-refractivity contribution in [1.29, 1.82) is 0 Å². The number of hydrogen-bond donors (Lipinski definition) is 3. The third-order valence-electron chi connectivity index (χ3n) is 4.87. The molecule has 0 spiro atoms. The summed E-state index contributed by atoms with van der Waals surface area (Å²) in [6.07, 6.45) is 1.82. The zero-order valence-corrected chi connectivity index (χ0v) is 19.1. The van der Waals surface area contributed by atoms with Gasteiger partial charge in [-0.25, -0.2) is 0 Å². The molecule has 6 heteroatoms. The molecule has 0 aliphatic heterocycles. The van der Waals surface area contributed by atoms with Crippen molar-refractivity contribution >= 4 is 23.2 Å². The van der Waals surface area contributed by atoms with E-state index in [2.05, 4.69) is 28.1 Å². The van der Waals surface area contributed by atoms with Gasteiger partial charge in [0, 0.05) is 17.3 Å². The van der Waals surface area contributed by atoms with Gasteiger partial charge in [-0.15, -0.1) is 0 Å². The van der Waals surface area contributed by atoms with Crippen LogP contribution >= 0.6 is 0 Å². The molecule has 3 aromatic rings. The van der Waals surface area contributed by atoms with E-state index in [9.17, 15) is 9.59 Å². The number of carbonyl (C=O) groups excluding carboxylic acids is 2. The Bertz CT molecular complexity index is 1050. The van der Waals surface area contributed by atoms with Crippen molar-refractivity contribution in [2.75, 3.05) is 23.8 Å². The van der Waals surface area contributed by atoms with Crippen LogP contribution in [0.4, 0.5) is 11.4 Å². The van der Waals surface area contributed by atoms with Crippen LogP contribution in [0.15, 0.2) is 78.9 Å². The Morgan fingerprint density at radius 2 is 1.67 bits per heavy atom. The highest BCUT2D eigenvalue weighted by Gasteiger charge is 2.10. The minimum absolute atomic E-state index is 0.0560. The van der Waals surface area contributed by atoms with E-state index in [1.54, 1.807) is 18.2 Å². The zero-order valence-electron chi connectivity index (χ0n) is 19.1. The summed E-state index contributed by atoms with van der Waals surface area (Å²) in [6.45, 7) is 4.45. The van der Waals surface area contributed by atoms with Gasteiger partial charge in [0.1, 0.15) is 5.75 Å². The van der Waals surface area contributed by atoms with Gasteiger partial charge in [-0.2, -0.15) is 0 Å². The number of amides is 2. The van der Waals surface area contributed by atoms with Gasteiger partial charge in [0.15, 0.2) is 0 Å². The molecule has 0 saturated carbocycles. The minimum Gasteiger partial charge on any atom is -0.491 e. The van der Waals surface area contributed by atoms with Crippen molar-refractivity contribution < 1.29 is 14.3 Å². The van der Waals surface area contributed by atoms with Crippen molar-refractivity contribution in [3.05, 3.63) is 90.0 Å². The first kappa shape index (κ1) is 23.9. The molecule has 3 N–H and O–H groups in total. The Hall–Kier alpha value is -3.80. The monoisotopic (exact) mass is 445 g/mol. The van der Waals surface area contributed by atoms with E-state index in [0.29, 0.717) is 29.3 Å². The van der Waals surface area contributed by atoms with Crippen LogP contribution in [0.5, 0.6) is 5.75 Å². The maximum atomic E-state index is 12.5. The van der Waals surface area contributed by atoms with E-state index in [1.807, 2.05) is 62.4 Å². The van der Waals surface area contributed by atoms with Crippen molar-refractivity contribution in [2.24, 2.45) is 0 Å². The third-order valence-corrected chi connectivity index (χ3v) is 4.87. The van der Waals surface area contributed by atoms with Gasteiger partial charge in [0.2, 0.25) is 5.91 Å². The minimum atomic E-state index is -0.202. The molecule has 0 saturated heterocycles. The summed E-state index contributed by atoms with van der Waals surface area (Å²) < 4.78 is 5.92. The molecule has 0 aliphatic rings. The molecule has 3 aromatic carbocycles. The first-order chi connectivity index (χ1) is 16.0. The van der Waals surface area contributed by atoms with Crippen LogP contribution < -0.4 is 20.7 Å². The molecule has 2 amide bonds. The van der Waals surface area contributed by atoms with Crippen LogP contribution in [-0.2, 0) is 11.2 Å². The van der Waals surface area contributed by atoms with E-state index in [-0.39, 0.29) is 24.4 Å². The van der Waals surface area contributed by atoms with E-state index in [0.717, 1.165) is 12.8 Å². The van der Waals surface area contributed by atoms with Gasteiger partial charge in [-0.3, -0.25) is 9.59 Å². The molecule has 3 rings (SSSR count). The number of ether oxygens (including phenoxy) is 1. The average molecular weight is 446 g/mol. The number of hydrogen-bond acceptors (Lipinski definition) is 4. The van der Waals surface area contributed by atoms with Gasteiger partial charge >= 0.3 is 0 Å². The molecular weight excluding hydrogens is 414 g/mol. The van der Waals surface area contributed by atoms with Gasteiger partial charge in [0.25, 0.3) is 5.91 Å². The molecule has 0 unspecified atom stereocenters. The topological polar surface area (TPSA) is 79.5 Å². The molecule has 0 atom stereocenters. The van der Waals surface area contributed by atoms with Crippen molar-refractivity contribution in [3.8, 4) is 5.75 Å². The van der Waals surface area contributed by atoms with E-state index in [1.165, 1.54) is 5.56 Å². The van der Waals surface area contributed by atoms with E-state index < -0.39 is 0 Å². The quantitative estimate of drug-likeness (QED) is 0.367. The number of aryl methyl sites for hydroxylation is 1. The highest BCUT2D eigenvalue weighted by Crippen LogP contribution is 2.24. The molecule has 0 fully saturated rings. The Morgan fingerprint density at radius 3 is 2.45 bits per heavy atom. The first-order valence-corrected chi connectivity index (χ1v) is 11.2. The molecule has 0 aromatic heterocycles. The second-order valence-corrected chi connectivity index (χ2v) is 8.04. The summed E-state index contributed by atoms with van der Waals surface area (Å²) in [5.74, 6) is 0.301. The van der Waals surface area contributed by atoms with E-state index in [4.69, 9.17) is 4.74 Å². The lowest BCUT2D eigenvalue weighted by molar-refractivity contribution is -0.114.